The van der Waals surface area contributed by atoms with Crippen LogP contribution in [0.1, 0.15) is 33.1 Å². The van der Waals surface area contributed by atoms with Crippen LogP contribution in [0.3, 0.4) is 0 Å². The largest absolute Gasteiger partial charge is 1.00 e. The molecule has 2 saturated carbocycles. The third kappa shape index (κ3) is 1.78. The van der Waals surface area contributed by atoms with E-state index in [-0.39, 0.29) is 46.5 Å². The molecule has 2 aliphatic carbocycles. The number of rotatable bonds is 2. The molecule has 2 fully saturated rings. The van der Waals surface area contributed by atoms with Crippen LogP contribution < -0.4 is 29.6 Å². The van der Waals surface area contributed by atoms with E-state index >= 15 is 0 Å². The maximum absolute atomic E-state index is 11.8. The van der Waals surface area contributed by atoms with E-state index in [4.69, 9.17) is 0 Å². The molecule has 0 radical (unpaired) electrons. The van der Waals surface area contributed by atoms with Crippen LogP contribution in [0.2, 0.25) is 0 Å². The zero-order valence-corrected chi connectivity index (χ0v) is 12.4. The van der Waals surface area contributed by atoms with Gasteiger partial charge in [0.2, 0.25) is 0 Å². The Morgan fingerprint density at radius 2 is 2.13 bits per heavy atom. The smallest absolute Gasteiger partial charge is 0.772 e. The summed E-state index contributed by atoms with van der Waals surface area (Å²) in [6.45, 7) is 4.09. The molecule has 80 valence electrons. The average Bonchev–Trinajstić information content (AvgIpc) is 2.36. The Labute approximate surface area is 115 Å². The standard InChI is InChI=1S/C10H16O3S.Na/c1-9(2)7-3-4-10(9,6-14(12)13)8(11)5-7;/h7H,3-6H2,1-2H3,(H,12,13);/q;+1/p-1/t7-,10-;/m1./s1. The molecule has 0 aromatic rings. The van der Waals surface area contributed by atoms with Gasteiger partial charge in [-0.1, -0.05) is 24.9 Å². The molecular weight excluding hydrogens is 223 g/mol. The molecule has 2 bridgehead atoms. The van der Waals surface area contributed by atoms with Crippen molar-refractivity contribution in [2.75, 3.05) is 5.75 Å². The third-order valence-electron chi connectivity index (χ3n) is 4.50. The van der Waals surface area contributed by atoms with Gasteiger partial charge in [-0.15, -0.1) is 0 Å². The fourth-order valence-electron chi connectivity index (χ4n) is 3.31. The molecule has 2 rings (SSSR count). The first-order valence-electron chi connectivity index (χ1n) is 4.99. The number of Topliss-reactive ketones (excluding diaryl/α,β-unsaturated/α-hetero) is 1. The molecule has 0 amide bonds. The van der Waals surface area contributed by atoms with E-state index in [0.717, 1.165) is 12.8 Å². The van der Waals surface area contributed by atoms with Gasteiger partial charge in [0.1, 0.15) is 5.78 Å². The number of hydrogen-bond donors (Lipinski definition) is 0. The molecule has 1 unspecified atom stereocenters. The van der Waals surface area contributed by atoms with Crippen molar-refractivity contribution < 1.29 is 43.1 Å². The second-order valence-electron chi connectivity index (χ2n) is 5.11. The van der Waals surface area contributed by atoms with Gasteiger partial charge >= 0.3 is 29.6 Å². The predicted octanol–water partition coefficient (Wildman–Crippen LogP) is -1.74. The molecule has 3 atom stereocenters. The summed E-state index contributed by atoms with van der Waals surface area (Å²) in [5.74, 6) is 0.594. The van der Waals surface area contributed by atoms with E-state index in [1.165, 1.54) is 0 Å². The number of carbonyl (C=O) groups excluding carboxylic acids is 1. The molecule has 0 aromatic heterocycles. The van der Waals surface area contributed by atoms with Crippen molar-refractivity contribution in [3.63, 3.8) is 0 Å². The summed E-state index contributed by atoms with van der Waals surface area (Å²) in [6.07, 6.45) is 2.36. The van der Waals surface area contributed by atoms with Crippen molar-refractivity contribution in [3.8, 4) is 0 Å². The van der Waals surface area contributed by atoms with Crippen LogP contribution in [0.5, 0.6) is 0 Å². The summed E-state index contributed by atoms with van der Waals surface area (Å²) in [5.41, 5.74) is -0.686. The van der Waals surface area contributed by atoms with Crippen molar-refractivity contribution in [2.24, 2.45) is 16.7 Å². The molecule has 0 aromatic carbocycles. The van der Waals surface area contributed by atoms with Gasteiger partial charge in [0.05, 0.1) is 0 Å². The number of fused-ring (bicyclic) bond motifs is 2. The van der Waals surface area contributed by atoms with Crippen molar-refractivity contribution in [1.29, 1.82) is 0 Å². The zero-order chi connectivity index (χ0) is 10.6. The van der Waals surface area contributed by atoms with Crippen molar-refractivity contribution in [1.82, 2.24) is 0 Å². The van der Waals surface area contributed by atoms with E-state index in [0.29, 0.717) is 12.3 Å². The maximum Gasteiger partial charge on any atom is 1.00 e. The van der Waals surface area contributed by atoms with Crippen LogP contribution in [-0.2, 0) is 15.9 Å². The van der Waals surface area contributed by atoms with Crippen LogP contribution >= 0.6 is 0 Å². The zero-order valence-electron chi connectivity index (χ0n) is 9.54. The van der Waals surface area contributed by atoms with Gasteiger partial charge in [-0.2, -0.15) is 0 Å². The SMILES string of the molecule is CC1(C)[C@@H]2CC[C@@]1(CS(=O)[O-])C(=O)C2.[Na+]. The molecule has 5 heteroatoms. The minimum Gasteiger partial charge on any atom is -0.772 e. The second-order valence-corrected chi connectivity index (χ2v) is 6.01. The van der Waals surface area contributed by atoms with Gasteiger partial charge in [-0.3, -0.25) is 9.00 Å². The number of ketones is 1. The van der Waals surface area contributed by atoms with Gasteiger partial charge in [-0.25, -0.2) is 0 Å². The molecule has 0 N–H and O–H groups in total. The monoisotopic (exact) mass is 238 g/mol. The van der Waals surface area contributed by atoms with Crippen LogP contribution in [0, 0.1) is 16.7 Å². The summed E-state index contributed by atoms with van der Waals surface area (Å²) in [4.78, 5) is 11.8. The number of carbonyl (C=O) groups is 1. The first-order chi connectivity index (χ1) is 6.40. The predicted molar refractivity (Wildman–Crippen MR) is 52.3 cm³/mol. The molecule has 0 aliphatic heterocycles. The first-order valence-corrected chi connectivity index (χ1v) is 6.24. The molecular formula is C10H15NaO3S. The second kappa shape index (κ2) is 4.22. The van der Waals surface area contributed by atoms with Crippen LogP contribution in [0.15, 0.2) is 0 Å². The van der Waals surface area contributed by atoms with Crippen molar-refractivity contribution in [2.45, 2.75) is 33.1 Å². The van der Waals surface area contributed by atoms with Gasteiger partial charge in [0.15, 0.2) is 0 Å². The molecule has 15 heavy (non-hydrogen) atoms. The van der Waals surface area contributed by atoms with E-state index in [9.17, 15) is 13.6 Å². The summed E-state index contributed by atoms with van der Waals surface area (Å²) < 4.78 is 21.6. The van der Waals surface area contributed by atoms with Gasteiger partial charge < -0.3 is 4.55 Å². The van der Waals surface area contributed by atoms with Crippen LogP contribution in [-0.4, -0.2) is 20.3 Å². The Morgan fingerprint density at radius 1 is 1.53 bits per heavy atom. The Hall–Kier alpha value is 0.780. The number of hydrogen-bond acceptors (Lipinski definition) is 3. The topological polar surface area (TPSA) is 57.2 Å². The third-order valence-corrected chi connectivity index (χ3v) is 5.23. The Morgan fingerprint density at radius 3 is 2.47 bits per heavy atom. The quantitative estimate of drug-likeness (QED) is 0.424. The molecule has 3 nitrogen and oxygen atoms in total. The molecule has 2 aliphatic rings. The summed E-state index contributed by atoms with van der Waals surface area (Å²) in [5, 5.41) is 0. The Bertz CT molecular complexity index is 316. The fraction of sp³-hybridized carbons (Fsp3) is 0.900. The Kier molecular flexibility index (Phi) is 3.90. The van der Waals surface area contributed by atoms with E-state index in [1.807, 2.05) is 13.8 Å². The fourth-order valence-corrected chi connectivity index (χ4v) is 4.39. The van der Waals surface area contributed by atoms with Crippen molar-refractivity contribution in [3.05, 3.63) is 0 Å². The normalized spacial score (nSPS) is 38.9. The van der Waals surface area contributed by atoms with Gasteiger partial charge in [-0.05, 0) is 24.2 Å². The molecule has 0 heterocycles. The van der Waals surface area contributed by atoms with Gasteiger partial charge in [0.25, 0.3) is 0 Å². The van der Waals surface area contributed by atoms with Gasteiger partial charge in [0, 0.05) is 17.6 Å². The first kappa shape index (κ1) is 13.8. The summed E-state index contributed by atoms with van der Waals surface area (Å²) >= 11 is -2.11. The van der Waals surface area contributed by atoms with E-state index in [2.05, 4.69) is 0 Å². The van der Waals surface area contributed by atoms with Crippen LogP contribution in [0.25, 0.3) is 0 Å². The van der Waals surface area contributed by atoms with Crippen LogP contribution in [0.4, 0.5) is 0 Å². The minimum absolute atomic E-state index is 0. The average molecular weight is 238 g/mol. The maximum atomic E-state index is 11.8. The molecule has 0 saturated heterocycles. The minimum atomic E-state index is -2.11. The van der Waals surface area contributed by atoms with Crippen molar-refractivity contribution >= 4 is 16.9 Å². The summed E-state index contributed by atoms with van der Waals surface area (Å²) in [6, 6.07) is 0. The Balaban J connectivity index is 0.00000112. The van der Waals surface area contributed by atoms with E-state index < -0.39 is 16.5 Å². The summed E-state index contributed by atoms with van der Waals surface area (Å²) in [7, 11) is 0. The van der Waals surface area contributed by atoms with E-state index in [1.54, 1.807) is 0 Å². The molecule has 0 spiro atoms.